The first-order valence-corrected chi connectivity index (χ1v) is 14.4. The van der Waals surface area contributed by atoms with E-state index in [1.54, 1.807) is 36.4 Å². The molecule has 2 rings (SSSR count). The third-order valence-corrected chi connectivity index (χ3v) is 8.38. The molecule has 0 atom stereocenters. The number of carbonyl (C=O) groups is 1. The Hall–Kier alpha value is -2.50. The van der Waals surface area contributed by atoms with Gasteiger partial charge in [-0.05, 0) is 64.8 Å². The number of benzene rings is 2. The predicted molar refractivity (Wildman–Crippen MR) is 149 cm³/mol. The fraction of sp³-hybridized carbons (Fsp3) is 0.500. The summed E-state index contributed by atoms with van der Waals surface area (Å²) < 4.78 is 36.2. The molecule has 2 aromatic carbocycles. The van der Waals surface area contributed by atoms with Gasteiger partial charge >= 0.3 is 0 Å². The van der Waals surface area contributed by atoms with Gasteiger partial charge in [0.15, 0.2) is 15.6 Å². The smallest absolute Gasteiger partial charge is 0.178 e. The Labute approximate surface area is 223 Å². The third-order valence-electron chi connectivity index (χ3n) is 6.65. The normalized spacial score (nSPS) is 12.0. The number of carbonyl (C=O) groups excluding carboxylic acids is 1. The molecule has 6 nitrogen and oxygen atoms in total. The Morgan fingerprint density at radius 2 is 1.68 bits per heavy atom. The van der Waals surface area contributed by atoms with Crippen LogP contribution in [-0.2, 0) is 25.7 Å². The van der Waals surface area contributed by atoms with Crippen LogP contribution in [-0.4, -0.2) is 70.4 Å². The van der Waals surface area contributed by atoms with Crippen molar-refractivity contribution in [2.45, 2.75) is 56.9 Å². The minimum absolute atomic E-state index is 0.0264. The van der Waals surface area contributed by atoms with Crippen LogP contribution in [0.2, 0.25) is 0 Å². The van der Waals surface area contributed by atoms with Crippen molar-refractivity contribution in [3.63, 3.8) is 0 Å². The van der Waals surface area contributed by atoms with E-state index >= 15 is 0 Å². The molecule has 0 aliphatic rings. The van der Waals surface area contributed by atoms with Gasteiger partial charge in [-0.15, -0.1) is 6.42 Å². The summed E-state index contributed by atoms with van der Waals surface area (Å²) in [5, 5.41) is 0. The molecule has 0 aliphatic carbocycles. The van der Waals surface area contributed by atoms with Gasteiger partial charge in [-0.2, -0.15) is 0 Å². The summed E-state index contributed by atoms with van der Waals surface area (Å²) in [7, 11) is -1.37. The van der Waals surface area contributed by atoms with Crippen molar-refractivity contribution in [1.29, 1.82) is 0 Å². The Balaban J connectivity index is 1.67. The molecule has 37 heavy (non-hydrogen) atoms. The second kappa shape index (κ2) is 15.0. The minimum Gasteiger partial charge on any atom is -0.381 e. The van der Waals surface area contributed by atoms with Crippen LogP contribution in [0.1, 0.15) is 54.6 Å². The molecule has 0 aliphatic heterocycles. The zero-order valence-electron chi connectivity index (χ0n) is 22.7. The van der Waals surface area contributed by atoms with Gasteiger partial charge in [0.05, 0.1) is 17.3 Å². The van der Waals surface area contributed by atoms with Crippen LogP contribution in [0.15, 0.2) is 53.4 Å². The van der Waals surface area contributed by atoms with E-state index in [0.717, 1.165) is 36.9 Å². The van der Waals surface area contributed by atoms with E-state index in [2.05, 4.69) is 31.7 Å². The van der Waals surface area contributed by atoms with Crippen LogP contribution in [0.5, 0.6) is 0 Å². The second-order valence-corrected chi connectivity index (χ2v) is 12.1. The number of aryl methyl sites for hydroxylation is 1. The second-order valence-electron chi connectivity index (χ2n) is 9.96. The number of ether oxygens (including phenoxy) is 2. The number of ketones is 1. The van der Waals surface area contributed by atoms with Crippen molar-refractivity contribution in [3.05, 3.63) is 65.2 Å². The van der Waals surface area contributed by atoms with Gasteiger partial charge in [-0.3, -0.25) is 4.79 Å². The molecule has 0 saturated carbocycles. The molecule has 0 spiro atoms. The summed E-state index contributed by atoms with van der Waals surface area (Å²) in [6, 6.07) is 14.0. The highest BCUT2D eigenvalue weighted by molar-refractivity contribution is 7.91. The predicted octanol–water partition coefficient (Wildman–Crippen LogP) is 4.74. The number of hydrogen-bond acceptors (Lipinski definition) is 6. The molecule has 7 heteroatoms. The molecule has 0 amide bonds. The van der Waals surface area contributed by atoms with Crippen molar-refractivity contribution in [3.8, 4) is 12.3 Å². The Bertz CT molecular complexity index is 1120. The lowest BCUT2D eigenvalue weighted by molar-refractivity contribution is 0.0727. The average molecular weight is 528 g/mol. The molecule has 2 aromatic rings. The number of sulfone groups is 1. The first kappa shape index (κ1) is 30.7. The standard InChI is InChI=1S/C30H41NO5S/c1-6-20-35-23-18-30(3,4)31(5)19-7-21-36-22-16-26-10-12-27(13-11-26)29(32)17-24-37(33,34)28-14-8-25(2)9-15-28/h1,8-15H,7,16-24H2,2-5H3. The minimum atomic E-state index is -3.48. The van der Waals surface area contributed by atoms with Gasteiger partial charge in [0.1, 0.15) is 6.61 Å². The van der Waals surface area contributed by atoms with E-state index in [0.29, 0.717) is 32.0 Å². The van der Waals surface area contributed by atoms with Gasteiger partial charge in [0, 0.05) is 37.3 Å². The zero-order valence-corrected chi connectivity index (χ0v) is 23.5. The molecule has 0 radical (unpaired) electrons. The molecule has 202 valence electrons. The van der Waals surface area contributed by atoms with Gasteiger partial charge in [0.25, 0.3) is 0 Å². The number of terminal acetylenes is 1. The molecule has 0 unspecified atom stereocenters. The van der Waals surface area contributed by atoms with E-state index < -0.39 is 9.84 Å². The van der Waals surface area contributed by atoms with Crippen LogP contribution in [0.25, 0.3) is 0 Å². The molecular formula is C30H41NO5S. The Morgan fingerprint density at radius 3 is 2.32 bits per heavy atom. The van der Waals surface area contributed by atoms with Crippen LogP contribution >= 0.6 is 0 Å². The average Bonchev–Trinajstić information content (AvgIpc) is 2.87. The number of rotatable bonds is 17. The maximum atomic E-state index is 12.5. The largest absolute Gasteiger partial charge is 0.381 e. The van der Waals surface area contributed by atoms with E-state index in [1.807, 2.05) is 19.1 Å². The lowest BCUT2D eigenvalue weighted by atomic mass is 9.99. The Morgan fingerprint density at radius 1 is 1.00 bits per heavy atom. The van der Waals surface area contributed by atoms with Crippen LogP contribution in [0, 0.1) is 19.3 Å². The fourth-order valence-corrected chi connectivity index (χ4v) is 4.98. The maximum Gasteiger partial charge on any atom is 0.178 e. The summed E-state index contributed by atoms with van der Waals surface area (Å²) in [5.41, 5.74) is 2.62. The maximum absolute atomic E-state index is 12.5. The number of hydrogen-bond donors (Lipinski definition) is 0. The summed E-state index contributed by atoms with van der Waals surface area (Å²) in [6.07, 6.45) is 7.77. The first-order valence-electron chi connectivity index (χ1n) is 12.8. The van der Waals surface area contributed by atoms with E-state index in [9.17, 15) is 13.2 Å². The Kier molecular flexibility index (Phi) is 12.5. The SMILES string of the molecule is C#CCOCCC(C)(C)N(C)CCCOCCc1ccc(C(=O)CCS(=O)(=O)c2ccc(C)cc2)cc1. The molecule has 0 bridgehead atoms. The highest BCUT2D eigenvalue weighted by Crippen LogP contribution is 2.18. The summed E-state index contributed by atoms with van der Waals surface area (Å²) in [6.45, 7) is 9.52. The van der Waals surface area contributed by atoms with Crippen molar-refractivity contribution in [2.24, 2.45) is 0 Å². The zero-order chi connectivity index (χ0) is 27.3. The van der Waals surface area contributed by atoms with Gasteiger partial charge in [0.2, 0.25) is 0 Å². The summed E-state index contributed by atoms with van der Waals surface area (Å²) >= 11 is 0. The van der Waals surface area contributed by atoms with Crippen molar-refractivity contribution >= 4 is 15.6 Å². The first-order chi connectivity index (χ1) is 17.5. The molecule has 0 fully saturated rings. The number of nitrogens with zero attached hydrogens (tertiary/aromatic N) is 1. The van der Waals surface area contributed by atoms with Crippen LogP contribution in [0.4, 0.5) is 0 Å². The molecule has 0 heterocycles. The topological polar surface area (TPSA) is 72.9 Å². The molecular weight excluding hydrogens is 486 g/mol. The van der Waals surface area contributed by atoms with Crippen molar-refractivity contribution in [2.75, 3.05) is 45.8 Å². The fourth-order valence-electron chi connectivity index (χ4n) is 3.73. The highest BCUT2D eigenvalue weighted by Gasteiger charge is 2.22. The lowest BCUT2D eigenvalue weighted by Gasteiger charge is -2.35. The molecule has 0 aromatic heterocycles. The molecule has 0 saturated heterocycles. The van der Waals surface area contributed by atoms with Crippen LogP contribution in [0.3, 0.4) is 0 Å². The monoisotopic (exact) mass is 527 g/mol. The number of Topliss-reactive ketones (excluding diaryl/α,β-unsaturated/α-hetero) is 1. The van der Waals surface area contributed by atoms with E-state index in [1.165, 1.54) is 0 Å². The van der Waals surface area contributed by atoms with Crippen molar-refractivity contribution in [1.82, 2.24) is 4.90 Å². The molecule has 0 N–H and O–H groups in total. The van der Waals surface area contributed by atoms with Gasteiger partial charge < -0.3 is 14.4 Å². The van der Waals surface area contributed by atoms with Crippen molar-refractivity contribution < 1.29 is 22.7 Å². The van der Waals surface area contributed by atoms with Crippen LogP contribution < -0.4 is 0 Å². The van der Waals surface area contributed by atoms with E-state index in [-0.39, 0.29) is 28.4 Å². The quantitative estimate of drug-likeness (QED) is 0.168. The highest BCUT2D eigenvalue weighted by atomic mass is 32.2. The van der Waals surface area contributed by atoms with E-state index in [4.69, 9.17) is 15.9 Å². The van der Waals surface area contributed by atoms with Gasteiger partial charge in [-0.25, -0.2) is 8.42 Å². The lowest BCUT2D eigenvalue weighted by Crippen LogP contribution is -2.42. The summed E-state index contributed by atoms with van der Waals surface area (Å²) in [4.78, 5) is 15.1. The van der Waals surface area contributed by atoms with Gasteiger partial charge in [-0.1, -0.05) is 47.9 Å². The summed E-state index contributed by atoms with van der Waals surface area (Å²) in [5.74, 6) is 2.11. The third kappa shape index (κ3) is 10.8.